The van der Waals surface area contributed by atoms with Crippen LogP contribution >= 0.6 is 0 Å². The molecule has 2 aromatic rings. The Hall–Kier alpha value is -2.63. The number of amides is 1. The van der Waals surface area contributed by atoms with Crippen LogP contribution in [0, 0.1) is 19.3 Å². The minimum Gasteiger partial charge on any atom is -0.481 e. The van der Waals surface area contributed by atoms with Gasteiger partial charge >= 0.3 is 5.97 Å². The molecule has 2 saturated heterocycles. The Bertz CT molecular complexity index is 918. The van der Waals surface area contributed by atoms with E-state index in [9.17, 15) is 14.7 Å². The topological polar surface area (TPSA) is 75.4 Å². The van der Waals surface area contributed by atoms with E-state index in [0.29, 0.717) is 24.9 Å². The molecule has 6 nitrogen and oxygen atoms in total. The van der Waals surface area contributed by atoms with Gasteiger partial charge in [0.15, 0.2) is 0 Å². The Morgan fingerprint density at radius 3 is 2.46 bits per heavy atom. The van der Waals surface area contributed by atoms with Crippen molar-refractivity contribution >= 4 is 11.9 Å². The lowest BCUT2D eigenvalue weighted by Gasteiger charge is -2.32. The van der Waals surface area contributed by atoms with E-state index >= 15 is 0 Å². The van der Waals surface area contributed by atoms with Crippen molar-refractivity contribution in [1.29, 1.82) is 0 Å². The third-order valence-corrected chi connectivity index (χ3v) is 6.67. The molecule has 4 rings (SSSR count). The second-order valence-electron chi connectivity index (χ2n) is 8.26. The van der Waals surface area contributed by atoms with Crippen molar-refractivity contribution in [3.63, 3.8) is 0 Å². The van der Waals surface area contributed by atoms with E-state index in [-0.39, 0.29) is 18.0 Å². The zero-order valence-electron chi connectivity index (χ0n) is 16.7. The molecule has 28 heavy (non-hydrogen) atoms. The van der Waals surface area contributed by atoms with Crippen LogP contribution in [0.3, 0.4) is 0 Å². The molecule has 1 N–H and O–H groups in total. The molecule has 1 amide bonds. The van der Waals surface area contributed by atoms with Crippen LogP contribution in [0.15, 0.2) is 30.3 Å². The summed E-state index contributed by atoms with van der Waals surface area (Å²) in [6.45, 7) is 6.60. The maximum Gasteiger partial charge on any atom is 0.311 e. The molecule has 3 atom stereocenters. The van der Waals surface area contributed by atoms with Crippen LogP contribution in [-0.2, 0) is 11.3 Å². The molecule has 2 fully saturated rings. The largest absolute Gasteiger partial charge is 0.481 e. The molecule has 0 unspecified atom stereocenters. The van der Waals surface area contributed by atoms with E-state index < -0.39 is 11.4 Å². The zero-order chi connectivity index (χ0) is 20.1. The molecule has 0 aliphatic carbocycles. The Labute approximate surface area is 165 Å². The fourth-order valence-electron chi connectivity index (χ4n) is 5.16. The average molecular weight is 381 g/mol. The average Bonchev–Trinajstić information content (AvgIpc) is 3.33. The first kappa shape index (κ1) is 18.7. The number of hydrogen-bond acceptors (Lipinski definition) is 3. The quantitative estimate of drug-likeness (QED) is 0.861. The SMILES string of the molecule is CC[C@@]1(C(=O)O)C[C@@H]2CC[C@H]1N2C(=O)c1ccc(Cn2nc(C)cc2C)cc1. The molecular weight excluding hydrogens is 354 g/mol. The molecule has 2 bridgehead atoms. The van der Waals surface area contributed by atoms with Gasteiger partial charge in [-0.1, -0.05) is 19.1 Å². The van der Waals surface area contributed by atoms with Crippen molar-refractivity contribution in [3.8, 4) is 0 Å². The Kier molecular flexibility index (Phi) is 4.52. The predicted octanol–water partition coefficient (Wildman–Crippen LogP) is 3.41. The Morgan fingerprint density at radius 2 is 1.93 bits per heavy atom. The number of hydrogen-bond donors (Lipinski definition) is 1. The van der Waals surface area contributed by atoms with Gasteiger partial charge in [0.25, 0.3) is 5.91 Å². The smallest absolute Gasteiger partial charge is 0.311 e. The minimum atomic E-state index is -0.784. The zero-order valence-corrected chi connectivity index (χ0v) is 16.7. The van der Waals surface area contributed by atoms with Gasteiger partial charge in [-0.2, -0.15) is 5.10 Å². The lowest BCUT2D eigenvalue weighted by Crippen LogP contribution is -2.44. The van der Waals surface area contributed by atoms with Gasteiger partial charge in [-0.05, 0) is 63.3 Å². The lowest BCUT2D eigenvalue weighted by molar-refractivity contribution is -0.151. The molecule has 0 saturated carbocycles. The van der Waals surface area contributed by atoms with Crippen molar-refractivity contribution < 1.29 is 14.7 Å². The van der Waals surface area contributed by atoms with Crippen LogP contribution in [-0.4, -0.2) is 43.7 Å². The number of nitrogens with zero attached hydrogens (tertiary/aromatic N) is 3. The predicted molar refractivity (Wildman–Crippen MR) is 105 cm³/mol. The van der Waals surface area contributed by atoms with E-state index in [1.165, 1.54) is 0 Å². The first-order chi connectivity index (χ1) is 13.4. The van der Waals surface area contributed by atoms with E-state index in [1.54, 1.807) is 0 Å². The fourth-order valence-corrected chi connectivity index (χ4v) is 5.16. The van der Waals surface area contributed by atoms with Crippen LogP contribution in [0.4, 0.5) is 0 Å². The van der Waals surface area contributed by atoms with Crippen LogP contribution in [0.5, 0.6) is 0 Å². The van der Waals surface area contributed by atoms with Gasteiger partial charge in [-0.3, -0.25) is 14.3 Å². The molecule has 2 aliphatic rings. The summed E-state index contributed by atoms with van der Waals surface area (Å²) < 4.78 is 1.95. The number of aryl methyl sites for hydroxylation is 2. The Morgan fingerprint density at radius 1 is 1.21 bits per heavy atom. The molecule has 0 spiro atoms. The van der Waals surface area contributed by atoms with Crippen molar-refractivity contribution in [3.05, 3.63) is 52.8 Å². The summed E-state index contributed by atoms with van der Waals surface area (Å²) in [7, 11) is 0. The number of carboxylic acids is 1. The molecule has 6 heteroatoms. The highest BCUT2D eigenvalue weighted by Crippen LogP contribution is 2.52. The number of fused-ring (bicyclic) bond motifs is 2. The number of aromatic nitrogens is 2. The van der Waals surface area contributed by atoms with Crippen molar-refractivity contribution in [1.82, 2.24) is 14.7 Å². The van der Waals surface area contributed by atoms with E-state index in [1.807, 2.05) is 60.7 Å². The Balaban J connectivity index is 1.53. The summed E-state index contributed by atoms with van der Waals surface area (Å²) in [6.07, 6.45) is 2.83. The third-order valence-electron chi connectivity index (χ3n) is 6.67. The van der Waals surface area contributed by atoms with Gasteiger partial charge < -0.3 is 10.0 Å². The van der Waals surface area contributed by atoms with E-state index in [2.05, 4.69) is 5.10 Å². The van der Waals surface area contributed by atoms with Gasteiger partial charge in [-0.15, -0.1) is 0 Å². The van der Waals surface area contributed by atoms with Crippen LogP contribution in [0.2, 0.25) is 0 Å². The molecule has 0 radical (unpaired) electrons. The van der Waals surface area contributed by atoms with Crippen molar-refractivity contribution in [2.24, 2.45) is 5.41 Å². The standard InChI is InChI=1S/C22H27N3O3/c1-4-22(21(27)28)12-18-9-10-19(22)25(18)20(26)17-7-5-16(6-8-17)13-24-15(3)11-14(2)23-24/h5-8,11,18-19H,4,9-10,12-13H2,1-3H3,(H,27,28)/t18-,19+,22+/m0/s1. The summed E-state index contributed by atoms with van der Waals surface area (Å²) >= 11 is 0. The molecule has 2 aliphatic heterocycles. The second-order valence-corrected chi connectivity index (χ2v) is 8.26. The number of carbonyl (C=O) groups excluding carboxylic acids is 1. The lowest BCUT2D eigenvalue weighted by atomic mass is 9.72. The summed E-state index contributed by atoms with van der Waals surface area (Å²) in [6, 6.07) is 9.54. The van der Waals surface area contributed by atoms with Gasteiger partial charge in [0.05, 0.1) is 17.7 Å². The summed E-state index contributed by atoms with van der Waals surface area (Å²) in [4.78, 5) is 27.0. The van der Waals surface area contributed by atoms with Crippen molar-refractivity contribution in [2.45, 2.75) is 65.1 Å². The highest BCUT2D eigenvalue weighted by atomic mass is 16.4. The minimum absolute atomic E-state index is 0.0401. The van der Waals surface area contributed by atoms with Gasteiger partial charge in [0, 0.05) is 23.3 Å². The highest BCUT2D eigenvalue weighted by Gasteiger charge is 2.60. The van der Waals surface area contributed by atoms with Crippen LogP contribution in [0.25, 0.3) is 0 Å². The van der Waals surface area contributed by atoms with Gasteiger partial charge in [0.1, 0.15) is 0 Å². The van der Waals surface area contributed by atoms with E-state index in [4.69, 9.17) is 0 Å². The van der Waals surface area contributed by atoms with Crippen LogP contribution in [0.1, 0.15) is 59.9 Å². The highest BCUT2D eigenvalue weighted by molar-refractivity contribution is 5.96. The number of aliphatic carboxylic acids is 1. The number of benzene rings is 1. The summed E-state index contributed by atoms with van der Waals surface area (Å²) in [5.41, 5.74) is 3.03. The first-order valence-corrected chi connectivity index (χ1v) is 10.0. The molecule has 1 aromatic carbocycles. The molecule has 148 valence electrons. The maximum absolute atomic E-state index is 13.2. The van der Waals surface area contributed by atoms with Gasteiger partial charge in [-0.25, -0.2) is 0 Å². The summed E-state index contributed by atoms with van der Waals surface area (Å²) in [5.74, 6) is -0.804. The second kappa shape index (κ2) is 6.76. The summed E-state index contributed by atoms with van der Waals surface area (Å²) in [5, 5.41) is 14.3. The van der Waals surface area contributed by atoms with Gasteiger partial charge in [0.2, 0.25) is 0 Å². The maximum atomic E-state index is 13.2. The number of carbonyl (C=O) groups is 2. The monoisotopic (exact) mass is 381 g/mol. The number of carboxylic acid groups (broad SMARTS) is 1. The third kappa shape index (κ3) is 2.82. The van der Waals surface area contributed by atoms with Crippen molar-refractivity contribution in [2.75, 3.05) is 0 Å². The molecule has 1 aromatic heterocycles. The first-order valence-electron chi connectivity index (χ1n) is 10.0. The molecular formula is C22H27N3O3. The normalized spacial score (nSPS) is 26.0. The number of rotatable bonds is 5. The fraction of sp³-hybridized carbons (Fsp3) is 0.500. The molecule has 3 heterocycles. The van der Waals surface area contributed by atoms with E-state index in [0.717, 1.165) is 29.8 Å². The van der Waals surface area contributed by atoms with Crippen LogP contribution < -0.4 is 0 Å².